The average Bonchev–Trinajstić information content (AvgIpc) is 1.51. The normalized spacial score (nSPS) is 24.7. The van der Waals surface area contributed by atoms with Crippen molar-refractivity contribution in [2.45, 2.75) is 281 Å². The minimum atomic E-state index is -4.67. The van der Waals surface area contributed by atoms with Crippen molar-refractivity contribution in [1.29, 1.82) is 0 Å². The van der Waals surface area contributed by atoms with Crippen molar-refractivity contribution in [2.24, 2.45) is 69.1 Å². The van der Waals surface area contributed by atoms with Gasteiger partial charge in [0.2, 0.25) is 70.8 Å². The maximum Gasteiger partial charge on any atom is 0.394 e. The zero-order valence-electron chi connectivity index (χ0n) is 84.3. The van der Waals surface area contributed by atoms with Crippen molar-refractivity contribution in [3.05, 3.63) is 156 Å². The van der Waals surface area contributed by atoms with E-state index < -0.39 is 202 Å². The van der Waals surface area contributed by atoms with Crippen LogP contribution in [0.5, 0.6) is 0 Å². The highest BCUT2D eigenvalue weighted by Gasteiger charge is 2.68. The largest absolute Gasteiger partial charge is 0.458 e. The van der Waals surface area contributed by atoms with E-state index in [1.165, 1.54) is 20.8 Å². The van der Waals surface area contributed by atoms with Crippen LogP contribution in [-0.2, 0) is 107 Å². The summed E-state index contributed by atoms with van der Waals surface area (Å²) in [6, 6.07) is 4.47. The first-order chi connectivity index (χ1) is 69.6. The van der Waals surface area contributed by atoms with Crippen LogP contribution in [0, 0.1) is 50.5 Å². The quantitative estimate of drug-likeness (QED) is 0.0101. The first-order valence-corrected chi connectivity index (χ1v) is 51.8. The Balaban J connectivity index is 0.000000482. The number of fused-ring (bicyclic) bond motifs is 5. The number of amides is 11. The number of ether oxygens (including phenoxy) is 2. The van der Waals surface area contributed by atoms with Crippen LogP contribution in [0.4, 0.5) is 0 Å². The second kappa shape index (κ2) is 62.1. The third-order valence-electron chi connectivity index (χ3n) is 26.5. The highest BCUT2D eigenvalue weighted by atomic mass is 35.5. The van der Waals surface area contributed by atoms with Gasteiger partial charge in [0.25, 0.3) is 5.09 Å². The topological polar surface area (TPSA) is 757 Å². The van der Waals surface area contributed by atoms with Gasteiger partial charge in [0.15, 0.2) is 12.4 Å². The summed E-state index contributed by atoms with van der Waals surface area (Å²) in [5.74, 6) is -10.3. The van der Waals surface area contributed by atoms with Crippen molar-refractivity contribution in [3.8, 4) is 0 Å². The fourth-order valence-electron chi connectivity index (χ4n) is 18.6. The number of carbonyl (C=O) groups is 14. The number of aromatic nitrogens is 2. The van der Waals surface area contributed by atoms with Crippen LogP contribution in [0.1, 0.15) is 194 Å². The lowest BCUT2D eigenvalue weighted by Crippen LogP contribution is -2.62. The molecule has 1 saturated heterocycles. The molecule has 0 bridgehead atoms. The number of imidazole rings is 1. The number of unbranched alkanes of at least 4 members (excludes halogenated alkanes) is 1. The number of nitrogens with zero attached hydrogens (tertiary/aromatic N) is 3. The lowest BCUT2D eigenvalue weighted by molar-refractivity contribution is -0.742. The molecule has 9 rings (SSSR count). The van der Waals surface area contributed by atoms with Crippen molar-refractivity contribution in [1.82, 2.24) is 68.0 Å². The molecular weight excluding hydrogens is 2040 g/mol. The molecule has 3 aromatic carbocycles. The molecule has 0 radical (unpaired) electrons. The molecule has 46 nitrogen and oxygen atoms in total. The van der Waals surface area contributed by atoms with Crippen molar-refractivity contribution < 1.29 is 125 Å². The maximum atomic E-state index is 14.5. The van der Waals surface area contributed by atoms with E-state index in [0.717, 1.165) is 48.8 Å². The van der Waals surface area contributed by atoms with Gasteiger partial charge in [-0.3, -0.25) is 76.2 Å². The maximum absolute atomic E-state index is 14.5. The van der Waals surface area contributed by atoms with Crippen LogP contribution in [0.25, 0.3) is 0 Å². The van der Waals surface area contributed by atoms with Crippen LogP contribution in [0.3, 0.4) is 0 Å². The van der Waals surface area contributed by atoms with E-state index in [9.17, 15) is 87.5 Å². The Labute approximate surface area is 879 Å². The molecule has 3 saturated carbocycles. The summed E-state index contributed by atoms with van der Waals surface area (Å²) in [6.07, 6.45) is 11.5. The zero-order valence-corrected chi connectivity index (χ0v) is 88.2. The van der Waals surface area contributed by atoms with E-state index in [2.05, 4.69) is 84.2 Å². The molecule has 28 N–H and O–H groups in total. The SMILES string of the molecule is CC(=O)OCC(=O)[C@@]1(O)CC[C@H]2[C@@H]3CCC4=CC(=O)C=C[C@]4(C)[C@H]3[C@@H](O)C[C@@]21C.CCC(C)CCCCC(=O)N[C@@H](CCN)C(=O)N[C@H](C(=O)N[C@@H](CCN)C(=O)N[C@H]1CCNC(=O)[C@H]([C@@H](C)O)NC(=O)[C@H](CCN)NC(=O)[C@H](CCN)NC(=O)[C@H](CC(C)C)NC(=O)[C@@H](Cc2ccccc2)NC(=O)[C@@H](CCN)NC1=O)[C@@H](C)O.Clc1ccc(COC(Cn2ccnc2)c2ccc(Cl)cc2Cl)c(Cl)c1.O=S(=O)(O)O.O=[N+]([O-])O. The molecule has 2 unspecified atom stereocenters. The minimum Gasteiger partial charge on any atom is -0.458 e. The Morgan fingerprint density at radius 2 is 1.23 bits per heavy atom. The predicted molar refractivity (Wildman–Crippen MR) is 546 cm³/mol. The van der Waals surface area contributed by atoms with Crippen LogP contribution in [0.15, 0.2) is 109 Å². The van der Waals surface area contributed by atoms with Gasteiger partial charge in [-0.2, -0.15) is 8.42 Å². The number of nitrogens with one attached hydrogen (secondary N) is 11. The number of Topliss-reactive ketones (excluding diaryl/α,β-unsaturated/α-hetero) is 1. The second-order valence-corrected chi connectivity index (χ2v) is 40.6. The van der Waals surface area contributed by atoms with Crippen LogP contribution < -0.4 is 87.2 Å². The summed E-state index contributed by atoms with van der Waals surface area (Å²) in [6.45, 7) is 14.7. The fourth-order valence-corrected chi connectivity index (χ4v) is 19.6. The van der Waals surface area contributed by atoms with Gasteiger partial charge in [0.05, 0.1) is 37.8 Å². The fraction of sp³-hybridized carbons (Fsp3) is 0.598. The number of hydrogen-bond acceptors (Lipinski definition) is 30. The molecular formula is C97H145Cl4N19O27S. The Hall–Kier alpha value is -10.8. The Morgan fingerprint density at radius 1 is 0.682 bits per heavy atom. The highest BCUT2D eigenvalue weighted by Crippen LogP contribution is 2.67. The summed E-state index contributed by atoms with van der Waals surface area (Å²) >= 11 is 24.5. The first kappa shape index (κ1) is 128. The molecule has 1 aromatic heterocycles. The summed E-state index contributed by atoms with van der Waals surface area (Å²) in [4.78, 5) is 202. The van der Waals surface area contributed by atoms with Crippen LogP contribution >= 0.6 is 46.4 Å². The molecule has 0 spiro atoms. The van der Waals surface area contributed by atoms with E-state index >= 15 is 0 Å². The number of carbonyl (C=O) groups excluding carboxylic acids is 14. The molecule has 21 atom stereocenters. The molecule has 4 aliphatic carbocycles. The Morgan fingerprint density at radius 3 is 1.76 bits per heavy atom. The summed E-state index contributed by atoms with van der Waals surface area (Å²) in [5, 5.41) is 88.3. The molecule has 11 amide bonds. The van der Waals surface area contributed by atoms with Gasteiger partial charge in [-0.05, 0) is 201 Å². The van der Waals surface area contributed by atoms with Gasteiger partial charge in [0, 0.05) is 81.1 Å². The summed E-state index contributed by atoms with van der Waals surface area (Å²) < 4.78 is 44.5. The number of allylic oxidation sites excluding steroid dienone is 4. The summed E-state index contributed by atoms with van der Waals surface area (Å²) in [7, 11) is -4.67. The van der Waals surface area contributed by atoms with Crippen molar-refractivity contribution in [2.75, 3.05) is 45.9 Å². The standard InChI is InChI=1S/C56H98N16O13.C23H30O6.C18H14Cl4N2O.HNO3.H2O4S/c1-7-32(4)13-11-12-16-44(75)63-36(17-23-57)51(80)72-46(34(6)74)56(85)68-39(20-26-60)48(77)67-41-22-28-62-55(84)45(33(5)73)71-52(81)40(21-27-61)65-47(76)37(18-24-58)66-53(82)42(29-31(2)3)69-54(83)43(30-35-14-9-8-10-15-35)70-49(78)38(19-25-59)64-50(41)79;1-13(24)29-12-19(27)23(28)9-7-17-16-5-4-14-10-15(25)6-8-21(14,2)20(16)18(26)11-22(17,23)3;19-13-2-1-12(16(21)7-13)10-25-18(9-24-6-5-23-11-24)15-4-3-14(20)8-17(15)22;2-1(3)4;1-5(2,3)4/h8-10,14-15,31-34,36-43,45-46,73-74H,7,11-13,16-30,57-61H2,1-6H3,(H,62,84)(H,63,75)(H,64,79)(H,65,76)(H,66,82)(H,67,77)(H,68,85)(H,69,83)(H,70,78)(H,71,81)(H,72,80);6,8,10,16-18,20,26,28H,4-5,7,9,11-12H2,1-3H3;1-8,11,18H,9-10H2;(H,2,3,4);(H2,1,2,3,4)/t32?,33-,34-,36+,37+,38-,39+,40+,41+,42+,43-,45+,46+;16-,17-,18-,20+,21-,22-,23-;;;/m10.../s1. The van der Waals surface area contributed by atoms with Gasteiger partial charge in [-0.25, -0.2) is 4.98 Å². The van der Waals surface area contributed by atoms with E-state index in [0.29, 0.717) is 70.4 Å². The van der Waals surface area contributed by atoms with E-state index in [4.69, 9.17) is 117 Å². The number of nitrogens with two attached hydrogens (primary N) is 5. The lowest BCUT2D eigenvalue weighted by atomic mass is 9.46. The lowest BCUT2D eigenvalue weighted by Gasteiger charge is -2.59. The Kier molecular flexibility index (Phi) is 53.5. The number of rotatable bonds is 38. The number of hydrogen-bond donors (Lipinski definition) is 23. The van der Waals surface area contributed by atoms with Gasteiger partial charge in [-0.1, -0.05) is 161 Å². The zero-order chi connectivity index (χ0) is 111. The monoisotopic (exact) mass is 2180 g/mol. The van der Waals surface area contributed by atoms with Gasteiger partial charge in [0.1, 0.15) is 72.1 Å². The third-order valence-corrected chi connectivity index (χ3v) is 27.6. The number of esters is 1. The van der Waals surface area contributed by atoms with Crippen LogP contribution in [0.2, 0.25) is 20.1 Å². The predicted octanol–water partition coefficient (Wildman–Crippen LogP) is 2.34. The number of aliphatic hydroxyl groups is 4. The van der Waals surface area contributed by atoms with Gasteiger partial charge < -0.3 is 127 Å². The minimum absolute atomic E-state index is 0.00243. The molecule has 148 heavy (non-hydrogen) atoms. The molecule has 5 aliphatic rings. The molecule has 1 aliphatic heterocycles. The highest BCUT2D eigenvalue weighted by molar-refractivity contribution is 7.79. The van der Waals surface area contributed by atoms with E-state index in [1.807, 2.05) is 35.9 Å². The molecule has 2 heterocycles. The molecule has 51 heteroatoms. The smallest absolute Gasteiger partial charge is 0.394 e. The molecule has 4 fully saturated rings. The number of benzene rings is 3. The van der Waals surface area contributed by atoms with E-state index in [-0.39, 0.29) is 125 Å². The number of ketones is 2. The van der Waals surface area contributed by atoms with E-state index in [1.54, 1.807) is 93.1 Å². The average molecular weight is 2180 g/mol. The molecule has 4 aromatic rings. The number of halogens is 4. The van der Waals surface area contributed by atoms with Crippen molar-refractivity contribution >= 4 is 139 Å². The summed E-state index contributed by atoms with van der Waals surface area (Å²) in [5.41, 5.74) is 30.0. The first-order valence-electron chi connectivity index (χ1n) is 48.8. The molecule has 824 valence electrons. The number of aliphatic hydroxyl groups excluding tert-OH is 3. The second-order valence-electron chi connectivity index (χ2n) is 38.0. The third kappa shape index (κ3) is 40.5. The van der Waals surface area contributed by atoms with Gasteiger partial charge >= 0.3 is 16.4 Å². The van der Waals surface area contributed by atoms with Gasteiger partial charge in [-0.15, -0.1) is 10.1 Å². The van der Waals surface area contributed by atoms with Crippen molar-refractivity contribution in [3.63, 3.8) is 0 Å². The Bertz CT molecular complexity index is 5280. The van der Waals surface area contributed by atoms with Crippen LogP contribution in [-0.4, -0.2) is 271 Å².